The van der Waals surface area contributed by atoms with Gasteiger partial charge in [0.15, 0.2) is 0 Å². The van der Waals surface area contributed by atoms with Crippen LogP contribution >= 0.6 is 0 Å². The zero-order valence-electron chi connectivity index (χ0n) is 24.3. The van der Waals surface area contributed by atoms with Crippen LogP contribution in [-0.4, -0.2) is 33.9 Å². The first-order valence-corrected chi connectivity index (χ1v) is 13.5. The summed E-state index contributed by atoms with van der Waals surface area (Å²) in [5.74, 6) is -2.09. The molecule has 3 aromatic carbocycles. The molecule has 1 amide bonds. The Bertz CT molecular complexity index is 1710. The van der Waals surface area contributed by atoms with Crippen LogP contribution < -0.4 is 9.64 Å². The summed E-state index contributed by atoms with van der Waals surface area (Å²) in [6, 6.07) is 16.1. The molecule has 212 valence electrons. The van der Waals surface area contributed by atoms with Crippen molar-refractivity contribution in [3.05, 3.63) is 94.3 Å². The maximum atomic E-state index is 13.9. The number of aliphatic hydroxyl groups is 1. The lowest BCUT2D eigenvalue weighted by Crippen LogP contribution is -2.30. The first-order chi connectivity index (χ1) is 19.2. The summed E-state index contributed by atoms with van der Waals surface area (Å²) in [6.07, 6.45) is 0. The van der Waals surface area contributed by atoms with Gasteiger partial charge in [-0.2, -0.15) is 0 Å². The molecule has 1 aromatic heterocycles. The van der Waals surface area contributed by atoms with E-state index in [1.54, 1.807) is 12.1 Å². The van der Waals surface area contributed by atoms with Crippen molar-refractivity contribution >= 4 is 34.4 Å². The number of aromatic amines is 1. The van der Waals surface area contributed by atoms with Gasteiger partial charge < -0.3 is 14.8 Å². The zero-order valence-corrected chi connectivity index (χ0v) is 24.3. The molecule has 1 aliphatic heterocycles. The molecule has 4 aromatic rings. The van der Waals surface area contributed by atoms with E-state index in [1.807, 2.05) is 51.1 Å². The largest absolute Gasteiger partial charge is 0.507 e. The molecule has 8 heteroatoms. The number of hydrogen-bond acceptors (Lipinski definition) is 5. The van der Waals surface area contributed by atoms with E-state index in [-0.39, 0.29) is 28.1 Å². The number of methoxy groups -OCH3 is 1. The van der Waals surface area contributed by atoms with Gasteiger partial charge in [-0.1, -0.05) is 71.9 Å². The third kappa shape index (κ3) is 4.99. The van der Waals surface area contributed by atoms with E-state index in [9.17, 15) is 19.1 Å². The summed E-state index contributed by atoms with van der Waals surface area (Å²) in [4.78, 5) is 36.1. The Morgan fingerprint density at radius 2 is 1.56 bits per heavy atom. The predicted molar refractivity (Wildman–Crippen MR) is 158 cm³/mol. The molecule has 7 nitrogen and oxygen atoms in total. The fourth-order valence-electron chi connectivity index (χ4n) is 5.12. The topological polar surface area (TPSA) is 95.5 Å². The van der Waals surface area contributed by atoms with Crippen LogP contribution in [0.15, 0.2) is 66.2 Å². The van der Waals surface area contributed by atoms with E-state index in [0.29, 0.717) is 27.9 Å². The molecule has 1 atom stereocenters. The van der Waals surface area contributed by atoms with Crippen molar-refractivity contribution in [1.82, 2.24) is 9.97 Å². The van der Waals surface area contributed by atoms with Crippen molar-refractivity contribution in [2.75, 3.05) is 12.0 Å². The van der Waals surface area contributed by atoms with Crippen molar-refractivity contribution in [2.24, 2.45) is 0 Å². The van der Waals surface area contributed by atoms with Gasteiger partial charge in [0.1, 0.15) is 17.3 Å². The smallest absolute Gasteiger partial charge is 0.302 e. The first kappa shape index (κ1) is 28.1. The minimum absolute atomic E-state index is 0.0760. The number of carbonyl (C=O) groups is 2. The van der Waals surface area contributed by atoms with Crippen molar-refractivity contribution in [1.29, 1.82) is 0 Å². The number of aromatic nitrogens is 2. The summed E-state index contributed by atoms with van der Waals surface area (Å²) in [6.45, 7) is 12.4. The fraction of sp³-hybridized carbons (Fsp3) is 0.303. The highest BCUT2D eigenvalue weighted by Crippen LogP contribution is 2.44. The number of nitrogens with zero attached hydrogens (tertiary/aromatic N) is 2. The molecule has 0 saturated carbocycles. The van der Waals surface area contributed by atoms with Gasteiger partial charge in [-0.05, 0) is 57.9 Å². The molecule has 1 fully saturated rings. The third-order valence-electron chi connectivity index (χ3n) is 7.52. The Kier molecular flexibility index (Phi) is 6.76. The first-order valence-electron chi connectivity index (χ1n) is 13.5. The number of nitrogens with one attached hydrogen (secondary N) is 1. The quantitative estimate of drug-likeness (QED) is 0.162. The Morgan fingerprint density at radius 1 is 0.927 bits per heavy atom. The number of ketones is 1. The summed E-state index contributed by atoms with van der Waals surface area (Å²) in [5.41, 5.74) is 3.25. The minimum atomic E-state index is -1.00. The second kappa shape index (κ2) is 9.87. The molecule has 5 rings (SSSR count). The van der Waals surface area contributed by atoms with Crippen LogP contribution in [0.5, 0.6) is 5.75 Å². The highest BCUT2D eigenvalue weighted by atomic mass is 19.1. The number of Topliss-reactive ketones (excluding diaryl/α,β-unsaturated/α-hetero) is 1. The van der Waals surface area contributed by atoms with Gasteiger partial charge in [-0.3, -0.25) is 14.5 Å². The Morgan fingerprint density at radius 3 is 2.17 bits per heavy atom. The van der Waals surface area contributed by atoms with Gasteiger partial charge in [-0.15, -0.1) is 0 Å². The lowest BCUT2D eigenvalue weighted by Gasteiger charge is -2.25. The molecule has 1 unspecified atom stereocenters. The highest BCUT2D eigenvalue weighted by Gasteiger charge is 2.48. The molecule has 0 bridgehead atoms. The second-order valence-corrected chi connectivity index (χ2v) is 12.4. The average Bonchev–Trinajstić information content (AvgIpc) is 3.44. The zero-order chi connectivity index (χ0) is 29.9. The van der Waals surface area contributed by atoms with E-state index in [2.05, 4.69) is 30.7 Å². The molecular weight excluding hydrogens is 521 g/mol. The van der Waals surface area contributed by atoms with Gasteiger partial charge in [0, 0.05) is 0 Å². The molecule has 2 N–H and O–H groups in total. The second-order valence-electron chi connectivity index (χ2n) is 12.4. The Labute approximate surface area is 238 Å². The number of H-pyrrole nitrogens is 1. The maximum absolute atomic E-state index is 13.9. The summed E-state index contributed by atoms with van der Waals surface area (Å²) < 4.78 is 19.5. The molecule has 41 heavy (non-hydrogen) atoms. The maximum Gasteiger partial charge on any atom is 0.302 e. The minimum Gasteiger partial charge on any atom is -0.507 e. The van der Waals surface area contributed by atoms with Crippen molar-refractivity contribution < 1.29 is 23.8 Å². The monoisotopic (exact) mass is 555 g/mol. The number of anilines is 1. The number of benzene rings is 3. The predicted octanol–water partition coefficient (Wildman–Crippen LogP) is 6.93. The number of aliphatic hydroxyl groups excluding tert-OH is 1. The van der Waals surface area contributed by atoms with Gasteiger partial charge in [-0.25, -0.2) is 9.37 Å². The van der Waals surface area contributed by atoms with Crippen LogP contribution in [0.2, 0.25) is 0 Å². The normalized spacial score (nSPS) is 17.5. The summed E-state index contributed by atoms with van der Waals surface area (Å²) in [7, 11) is 1.48. The van der Waals surface area contributed by atoms with Crippen molar-refractivity contribution in [3.63, 3.8) is 0 Å². The van der Waals surface area contributed by atoms with E-state index in [1.165, 1.54) is 30.2 Å². The molecule has 0 spiro atoms. The Balaban J connectivity index is 1.76. The fourth-order valence-corrected chi connectivity index (χ4v) is 5.12. The number of ether oxygens (including phenoxy) is 1. The van der Waals surface area contributed by atoms with E-state index < -0.39 is 23.5 Å². The average molecular weight is 556 g/mol. The summed E-state index contributed by atoms with van der Waals surface area (Å²) >= 11 is 0. The SMILES string of the molecule is COc1ccc(C(C)(C)C)cc1/C(O)=C1\C(=O)C(=O)N(c2nc3ccc(F)cc3[nH]2)C1c1ccc(C(C)(C)C)cc1. The molecular formula is C33H34FN3O4. The summed E-state index contributed by atoms with van der Waals surface area (Å²) in [5, 5.41) is 11.8. The van der Waals surface area contributed by atoms with Crippen LogP contribution in [-0.2, 0) is 20.4 Å². The number of hydrogen-bond donors (Lipinski definition) is 2. The van der Waals surface area contributed by atoms with Gasteiger partial charge in [0.25, 0.3) is 5.78 Å². The van der Waals surface area contributed by atoms with Crippen LogP contribution in [0.3, 0.4) is 0 Å². The number of imidazole rings is 1. The third-order valence-corrected chi connectivity index (χ3v) is 7.52. The van der Waals surface area contributed by atoms with E-state index in [4.69, 9.17) is 4.74 Å². The number of carbonyl (C=O) groups excluding carboxylic acids is 2. The van der Waals surface area contributed by atoms with E-state index in [0.717, 1.165) is 11.1 Å². The van der Waals surface area contributed by atoms with Gasteiger partial charge in [0.05, 0.1) is 35.3 Å². The van der Waals surface area contributed by atoms with Gasteiger partial charge in [0.2, 0.25) is 5.95 Å². The van der Waals surface area contributed by atoms with Crippen LogP contribution in [0.1, 0.15) is 69.8 Å². The molecule has 1 saturated heterocycles. The van der Waals surface area contributed by atoms with Crippen molar-refractivity contribution in [3.8, 4) is 5.75 Å². The molecule has 2 heterocycles. The highest BCUT2D eigenvalue weighted by molar-refractivity contribution is 6.51. The number of halogens is 1. The lowest BCUT2D eigenvalue weighted by atomic mass is 9.84. The van der Waals surface area contributed by atoms with E-state index >= 15 is 0 Å². The van der Waals surface area contributed by atoms with Crippen LogP contribution in [0.25, 0.3) is 16.8 Å². The molecule has 0 aliphatic carbocycles. The number of rotatable bonds is 4. The van der Waals surface area contributed by atoms with Crippen molar-refractivity contribution in [2.45, 2.75) is 58.4 Å². The van der Waals surface area contributed by atoms with Crippen LogP contribution in [0, 0.1) is 5.82 Å². The van der Waals surface area contributed by atoms with Gasteiger partial charge >= 0.3 is 5.91 Å². The molecule has 0 radical (unpaired) electrons. The number of fused-ring (bicyclic) bond motifs is 1. The van der Waals surface area contributed by atoms with Crippen LogP contribution in [0.4, 0.5) is 10.3 Å². The lowest BCUT2D eigenvalue weighted by molar-refractivity contribution is -0.132. The molecule has 1 aliphatic rings. The standard InChI is InChI=1S/C33H34FN3O4/c1-32(2,3)19-10-8-18(9-11-19)27-26(28(38)22-16-20(33(4,5)6)12-15-25(22)41-7)29(39)30(40)37(27)31-35-23-14-13-21(34)17-24(23)36-31/h8-17,27,38H,1-7H3,(H,35,36)/b28-26+. The Hall–Kier alpha value is -4.46. The number of amides is 1.